The molecule has 0 aromatic carbocycles. The molecule has 0 amide bonds. The molecule has 0 N–H and O–H groups in total. The van der Waals surface area contributed by atoms with Gasteiger partial charge in [0, 0.05) is 12.3 Å². The zero-order valence-electron chi connectivity index (χ0n) is 8.51. The minimum atomic E-state index is -0.151. The molecule has 0 spiro atoms. The Kier molecular flexibility index (Phi) is 3.64. The van der Waals surface area contributed by atoms with Gasteiger partial charge in [-0.1, -0.05) is 26.7 Å². The summed E-state index contributed by atoms with van der Waals surface area (Å²) < 4.78 is 0. The van der Waals surface area contributed by atoms with Crippen molar-refractivity contribution in [3.63, 3.8) is 0 Å². The van der Waals surface area contributed by atoms with E-state index in [9.17, 15) is 9.59 Å². The summed E-state index contributed by atoms with van der Waals surface area (Å²) in [6, 6.07) is 0. The maximum Gasteiger partial charge on any atom is 0.201 e. The predicted molar refractivity (Wildman–Crippen MR) is 51.4 cm³/mol. The van der Waals surface area contributed by atoms with Crippen LogP contribution >= 0.6 is 0 Å². The predicted octanol–water partition coefficient (Wildman–Crippen LogP) is 2.36. The average Bonchev–Trinajstić information content (AvgIpc) is 2.53. The van der Waals surface area contributed by atoms with Gasteiger partial charge in [0.2, 0.25) is 5.78 Å². The molecular formula is C11H18O2. The normalized spacial score (nSPS) is 18.1. The Balaban J connectivity index is 2.41. The lowest BCUT2D eigenvalue weighted by atomic mass is 9.95. The van der Waals surface area contributed by atoms with Gasteiger partial charge < -0.3 is 0 Å². The van der Waals surface area contributed by atoms with Gasteiger partial charge in [-0.2, -0.15) is 0 Å². The average molecular weight is 182 g/mol. The second kappa shape index (κ2) is 4.54. The molecule has 1 aliphatic rings. The van der Waals surface area contributed by atoms with E-state index >= 15 is 0 Å². The van der Waals surface area contributed by atoms with Crippen LogP contribution in [0.2, 0.25) is 0 Å². The van der Waals surface area contributed by atoms with Crippen LogP contribution in [0.5, 0.6) is 0 Å². The van der Waals surface area contributed by atoms with Crippen molar-refractivity contribution in [3.8, 4) is 0 Å². The molecule has 2 heteroatoms. The highest BCUT2D eigenvalue weighted by molar-refractivity contribution is 6.38. The smallest absolute Gasteiger partial charge is 0.201 e. The number of carbonyl (C=O) groups excluding carboxylic acids is 2. The van der Waals surface area contributed by atoms with E-state index in [1.54, 1.807) is 0 Å². The van der Waals surface area contributed by atoms with E-state index < -0.39 is 0 Å². The molecule has 0 atom stereocenters. The fourth-order valence-electron chi connectivity index (χ4n) is 1.89. The molecular weight excluding hydrogens is 164 g/mol. The van der Waals surface area contributed by atoms with Gasteiger partial charge in [-0.15, -0.1) is 0 Å². The summed E-state index contributed by atoms with van der Waals surface area (Å²) in [5, 5.41) is 0. The maximum absolute atomic E-state index is 11.5. The van der Waals surface area contributed by atoms with Crippen molar-refractivity contribution < 1.29 is 9.59 Å². The van der Waals surface area contributed by atoms with Crippen LogP contribution in [0.15, 0.2) is 0 Å². The summed E-state index contributed by atoms with van der Waals surface area (Å²) in [6.07, 6.45) is 4.53. The van der Waals surface area contributed by atoms with Crippen LogP contribution in [0.25, 0.3) is 0 Å². The zero-order valence-corrected chi connectivity index (χ0v) is 8.51. The van der Waals surface area contributed by atoms with Crippen molar-refractivity contribution in [2.24, 2.45) is 11.8 Å². The molecule has 1 aliphatic carbocycles. The Hall–Kier alpha value is -0.660. The molecule has 13 heavy (non-hydrogen) atoms. The van der Waals surface area contributed by atoms with Crippen molar-refractivity contribution in [1.29, 1.82) is 0 Å². The number of carbonyl (C=O) groups is 2. The monoisotopic (exact) mass is 182 g/mol. The van der Waals surface area contributed by atoms with Crippen LogP contribution in [0, 0.1) is 11.8 Å². The second-order valence-corrected chi connectivity index (χ2v) is 4.37. The first-order chi connectivity index (χ1) is 6.11. The molecule has 1 saturated carbocycles. The molecule has 2 nitrogen and oxygen atoms in total. The Morgan fingerprint density at radius 3 is 2.23 bits per heavy atom. The summed E-state index contributed by atoms with van der Waals surface area (Å²) in [4.78, 5) is 22.9. The van der Waals surface area contributed by atoms with Crippen molar-refractivity contribution in [1.82, 2.24) is 0 Å². The van der Waals surface area contributed by atoms with Crippen molar-refractivity contribution in [2.45, 2.75) is 46.0 Å². The van der Waals surface area contributed by atoms with Crippen molar-refractivity contribution in [3.05, 3.63) is 0 Å². The number of ketones is 2. The van der Waals surface area contributed by atoms with E-state index in [1.807, 2.05) is 13.8 Å². The Bertz CT molecular complexity index is 200. The first kappa shape index (κ1) is 10.4. The minimum Gasteiger partial charge on any atom is -0.291 e. The standard InChI is InChI=1S/C11H18O2/c1-8(2)7-10(12)11(13)9-5-3-4-6-9/h8-9H,3-7H2,1-2H3. The largest absolute Gasteiger partial charge is 0.291 e. The summed E-state index contributed by atoms with van der Waals surface area (Å²) >= 11 is 0. The third kappa shape index (κ3) is 2.94. The van der Waals surface area contributed by atoms with Crippen LogP contribution in [0.1, 0.15) is 46.0 Å². The van der Waals surface area contributed by atoms with Crippen LogP contribution in [0.3, 0.4) is 0 Å². The molecule has 0 bridgehead atoms. The minimum absolute atomic E-state index is 0.0613. The van der Waals surface area contributed by atoms with Gasteiger partial charge in [-0.05, 0) is 18.8 Å². The van der Waals surface area contributed by atoms with Gasteiger partial charge >= 0.3 is 0 Å². The molecule has 0 heterocycles. The lowest BCUT2D eigenvalue weighted by Crippen LogP contribution is -2.22. The van der Waals surface area contributed by atoms with E-state index in [2.05, 4.69) is 0 Å². The molecule has 0 unspecified atom stereocenters. The Labute approximate surface area is 79.7 Å². The fourth-order valence-corrected chi connectivity index (χ4v) is 1.89. The third-order valence-electron chi connectivity index (χ3n) is 2.59. The number of Topliss-reactive ketones (excluding diaryl/α,β-unsaturated/α-hetero) is 2. The quantitative estimate of drug-likeness (QED) is 0.625. The van der Waals surface area contributed by atoms with Gasteiger partial charge in [-0.3, -0.25) is 9.59 Å². The SMILES string of the molecule is CC(C)CC(=O)C(=O)C1CCCC1. The van der Waals surface area contributed by atoms with Gasteiger partial charge in [0.15, 0.2) is 5.78 Å². The summed E-state index contributed by atoms with van der Waals surface area (Å²) in [6.45, 7) is 3.94. The number of hydrogen-bond donors (Lipinski definition) is 0. The van der Waals surface area contributed by atoms with E-state index in [-0.39, 0.29) is 17.5 Å². The second-order valence-electron chi connectivity index (χ2n) is 4.37. The maximum atomic E-state index is 11.5. The first-order valence-electron chi connectivity index (χ1n) is 5.18. The highest BCUT2D eigenvalue weighted by Crippen LogP contribution is 2.26. The van der Waals surface area contributed by atoms with Gasteiger partial charge in [-0.25, -0.2) is 0 Å². The van der Waals surface area contributed by atoms with E-state index in [0.29, 0.717) is 12.3 Å². The van der Waals surface area contributed by atoms with Crippen LogP contribution in [-0.2, 0) is 9.59 Å². The van der Waals surface area contributed by atoms with E-state index in [4.69, 9.17) is 0 Å². The van der Waals surface area contributed by atoms with Gasteiger partial charge in [0.1, 0.15) is 0 Å². The summed E-state index contributed by atoms with van der Waals surface area (Å²) in [5.74, 6) is 0.109. The zero-order chi connectivity index (χ0) is 9.84. The van der Waals surface area contributed by atoms with Crippen LogP contribution in [0.4, 0.5) is 0 Å². The lowest BCUT2D eigenvalue weighted by molar-refractivity contribution is -0.139. The molecule has 0 aliphatic heterocycles. The molecule has 74 valence electrons. The van der Waals surface area contributed by atoms with E-state index in [1.165, 1.54) is 0 Å². The molecule has 1 rings (SSSR count). The lowest BCUT2D eigenvalue weighted by Gasteiger charge is -2.07. The molecule has 0 aromatic heterocycles. The first-order valence-corrected chi connectivity index (χ1v) is 5.18. The Morgan fingerprint density at radius 1 is 1.23 bits per heavy atom. The topological polar surface area (TPSA) is 34.1 Å². The molecule has 0 radical (unpaired) electrons. The highest BCUT2D eigenvalue weighted by atomic mass is 16.2. The molecule has 0 aromatic rings. The van der Waals surface area contributed by atoms with Gasteiger partial charge in [0.25, 0.3) is 0 Å². The molecule has 1 fully saturated rings. The summed E-state index contributed by atoms with van der Waals surface area (Å²) in [7, 11) is 0. The van der Waals surface area contributed by atoms with Crippen LogP contribution < -0.4 is 0 Å². The highest BCUT2D eigenvalue weighted by Gasteiger charge is 2.27. The molecule has 0 saturated heterocycles. The number of rotatable bonds is 4. The number of hydrogen-bond acceptors (Lipinski definition) is 2. The van der Waals surface area contributed by atoms with Crippen LogP contribution in [-0.4, -0.2) is 11.6 Å². The van der Waals surface area contributed by atoms with Crippen molar-refractivity contribution >= 4 is 11.6 Å². The van der Waals surface area contributed by atoms with Gasteiger partial charge in [0.05, 0.1) is 0 Å². The summed E-state index contributed by atoms with van der Waals surface area (Å²) in [5.41, 5.74) is 0. The van der Waals surface area contributed by atoms with E-state index in [0.717, 1.165) is 25.7 Å². The Morgan fingerprint density at radius 2 is 1.77 bits per heavy atom. The third-order valence-corrected chi connectivity index (χ3v) is 2.59. The fraction of sp³-hybridized carbons (Fsp3) is 0.818. The van der Waals surface area contributed by atoms with Crippen molar-refractivity contribution in [2.75, 3.05) is 0 Å².